The van der Waals surface area contributed by atoms with Crippen LogP contribution in [-0.4, -0.2) is 13.4 Å². The highest BCUT2D eigenvalue weighted by atomic mass is 19.1. The van der Waals surface area contributed by atoms with E-state index in [1.807, 2.05) is 0 Å². The van der Waals surface area contributed by atoms with Crippen LogP contribution in [0, 0.1) is 11.2 Å². The molecule has 82 valence electrons. The Morgan fingerprint density at radius 1 is 1.60 bits per heavy atom. The topological polar surface area (TPSA) is 88.4 Å². The van der Waals surface area contributed by atoms with Gasteiger partial charge in [-0.2, -0.15) is 0 Å². The summed E-state index contributed by atoms with van der Waals surface area (Å²) in [4.78, 5) is 0. The number of hydrogen-bond donors (Lipinski definition) is 3. The van der Waals surface area contributed by atoms with Crippen LogP contribution >= 0.6 is 0 Å². The minimum absolute atomic E-state index is 0.0140. The van der Waals surface area contributed by atoms with E-state index in [-0.39, 0.29) is 17.9 Å². The Bertz CT molecular complexity index is 369. The number of benzene rings is 1. The molecule has 0 saturated heterocycles. The van der Waals surface area contributed by atoms with Gasteiger partial charge in [-0.15, -0.1) is 0 Å². The van der Waals surface area contributed by atoms with Crippen molar-refractivity contribution in [3.8, 4) is 5.75 Å². The summed E-state index contributed by atoms with van der Waals surface area (Å²) in [5, 5.41) is 7.96. The molecule has 1 aromatic rings. The molecule has 0 atom stereocenters. The average molecular weight is 212 g/mol. The summed E-state index contributed by atoms with van der Waals surface area (Å²) in [6, 6.07) is 2.99. The van der Waals surface area contributed by atoms with Crippen LogP contribution in [0.3, 0.4) is 0 Å². The van der Waals surface area contributed by atoms with Crippen molar-refractivity contribution in [3.63, 3.8) is 0 Å². The van der Waals surface area contributed by atoms with E-state index in [1.165, 1.54) is 13.2 Å². The number of anilines is 1. The first-order valence-electron chi connectivity index (χ1n) is 4.25. The van der Waals surface area contributed by atoms with Gasteiger partial charge in [-0.3, -0.25) is 10.4 Å². The molecule has 5 N–H and O–H groups in total. The number of rotatable bonds is 4. The number of methoxy groups -OCH3 is 1. The molecule has 0 aliphatic rings. The van der Waals surface area contributed by atoms with Gasteiger partial charge < -0.3 is 10.5 Å². The minimum Gasteiger partial charge on any atom is -0.494 e. The lowest BCUT2D eigenvalue weighted by molar-refractivity contribution is 0.384. The second-order valence-electron chi connectivity index (χ2n) is 2.82. The number of hydrazine groups is 1. The van der Waals surface area contributed by atoms with Crippen LogP contribution in [0.4, 0.5) is 10.1 Å². The standard InChI is InChI=1S/C9H13FN4O/c1-15-8-3-2-7(14(13)5-12)6(4-11)9(8)10/h2-3,5,12H,4,11,13H2,1H3. The summed E-state index contributed by atoms with van der Waals surface area (Å²) in [5.74, 6) is 5.02. The fourth-order valence-electron chi connectivity index (χ4n) is 1.25. The molecule has 15 heavy (non-hydrogen) atoms. The Labute approximate surface area is 86.9 Å². The van der Waals surface area contributed by atoms with Crippen LogP contribution in [0.1, 0.15) is 5.56 Å². The highest BCUT2D eigenvalue weighted by molar-refractivity contribution is 5.77. The summed E-state index contributed by atoms with van der Waals surface area (Å²) in [7, 11) is 1.37. The maximum atomic E-state index is 13.7. The predicted molar refractivity (Wildman–Crippen MR) is 56.3 cm³/mol. The first kappa shape index (κ1) is 11.4. The molecule has 0 amide bonds. The van der Waals surface area contributed by atoms with Crippen molar-refractivity contribution in [2.45, 2.75) is 6.54 Å². The van der Waals surface area contributed by atoms with E-state index in [0.717, 1.165) is 11.3 Å². The van der Waals surface area contributed by atoms with Crippen LogP contribution in [0.5, 0.6) is 5.75 Å². The summed E-state index contributed by atoms with van der Waals surface area (Å²) < 4.78 is 18.5. The summed E-state index contributed by atoms with van der Waals surface area (Å²) in [6.07, 6.45) is 0.875. The Hall–Kier alpha value is -1.66. The van der Waals surface area contributed by atoms with Crippen molar-refractivity contribution in [1.82, 2.24) is 0 Å². The monoisotopic (exact) mass is 212 g/mol. The zero-order valence-corrected chi connectivity index (χ0v) is 8.33. The van der Waals surface area contributed by atoms with Gasteiger partial charge in [0.25, 0.3) is 0 Å². The molecule has 0 fully saturated rings. The number of hydrogen-bond acceptors (Lipinski definition) is 4. The molecule has 0 spiro atoms. The lowest BCUT2D eigenvalue weighted by Gasteiger charge is -2.17. The molecule has 0 aromatic heterocycles. The highest BCUT2D eigenvalue weighted by Gasteiger charge is 2.14. The average Bonchev–Trinajstić information content (AvgIpc) is 2.27. The van der Waals surface area contributed by atoms with E-state index in [1.54, 1.807) is 6.07 Å². The lowest BCUT2D eigenvalue weighted by atomic mass is 10.1. The maximum absolute atomic E-state index is 13.7. The Balaban J connectivity index is 3.30. The minimum atomic E-state index is -0.546. The van der Waals surface area contributed by atoms with Gasteiger partial charge in [0.15, 0.2) is 11.6 Å². The van der Waals surface area contributed by atoms with E-state index in [0.29, 0.717) is 5.69 Å². The largest absolute Gasteiger partial charge is 0.494 e. The van der Waals surface area contributed by atoms with E-state index in [4.69, 9.17) is 21.7 Å². The van der Waals surface area contributed by atoms with Crippen LogP contribution in [-0.2, 0) is 6.54 Å². The second kappa shape index (κ2) is 4.72. The van der Waals surface area contributed by atoms with Crippen molar-refractivity contribution in [1.29, 1.82) is 5.41 Å². The van der Waals surface area contributed by atoms with Crippen molar-refractivity contribution in [2.75, 3.05) is 12.1 Å². The molecule has 0 radical (unpaired) electrons. The summed E-state index contributed by atoms with van der Waals surface area (Å²) in [6.45, 7) is -0.0140. The van der Waals surface area contributed by atoms with Crippen molar-refractivity contribution < 1.29 is 9.13 Å². The highest BCUT2D eigenvalue weighted by Crippen LogP contribution is 2.27. The predicted octanol–water partition coefficient (Wildman–Crippen LogP) is 0.580. The molecule has 0 aliphatic heterocycles. The van der Waals surface area contributed by atoms with Gasteiger partial charge in [-0.1, -0.05) is 0 Å². The summed E-state index contributed by atoms with van der Waals surface area (Å²) >= 11 is 0. The van der Waals surface area contributed by atoms with Crippen molar-refractivity contribution in [3.05, 3.63) is 23.5 Å². The Morgan fingerprint density at radius 2 is 2.27 bits per heavy atom. The first-order chi connectivity index (χ1) is 7.15. The van der Waals surface area contributed by atoms with Crippen LogP contribution in [0.25, 0.3) is 0 Å². The third-order valence-electron chi connectivity index (χ3n) is 2.02. The number of nitrogens with two attached hydrogens (primary N) is 2. The van der Waals surface area contributed by atoms with Crippen LogP contribution < -0.4 is 21.3 Å². The molecular weight excluding hydrogens is 199 g/mol. The smallest absolute Gasteiger partial charge is 0.171 e. The fraction of sp³-hybridized carbons (Fsp3) is 0.222. The Kier molecular flexibility index (Phi) is 3.59. The number of nitrogens with zero attached hydrogens (tertiary/aromatic N) is 1. The van der Waals surface area contributed by atoms with Gasteiger partial charge in [0.05, 0.1) is 12.8 Å². The molecule has 0 aliphatic carbocycles. The van der Waals surface area contributed by atoms with Gasteiger partial charge in [-0.25, -0.2) is 10.2 Å². The molecule has 0 unspecified atom stereocenters. The molecule has 0 heterocycles. The zero-order chi connectivity index (χ0) is 11.4. The number of halogens is 1. The second-order valence-corrected chi connectivity index (χ2v) is 2.82. The van der Waals surface area contributed by atoms with E-state index < -0.39 is 5.82 Å². The molecule has 6 heteroatoms. The molecular formula is C9H13FN4O. The third-order valence-corrected chi connectivity index (χ3v) is 2.02. The quantitative estimate of drug-likeness (QED) is 0.295. The van der Waals surface area contributed by atoms with Crippen LogP contribution in [0.15, 0.2) is 12.1 Å². The third kappa shape index (κ3) is 2.05. The SMILES string of the molecule is COc1ccc(N(N)C=N)c(CN)c1F. The molecule has 1 rings (SSSR count). The number of nitrogens with one attached hydrogen (secondary N) is 1. The maximum Gasteiger partial charge on any atom is 0.171 e. The van der Waals surface area contributed by atoms with E-state index in [9.17, 15) is 4.39 Å². The van der Waals surface area contributed by atoms with Gasteiger partial charge in [-0.05, 0) is 12.1 Å². The van der Waals surface area contributed by atoms with E-state index in [2.05, 4.69) is 0 Å². The van der Waals surface area contributed by atoms with Gasteiger partial charge in [0.1, 0.15) is 6.34 Å². The first-order valence-corrected chi connectivity index (χ1v) is 4.25. The normalized spacial score (nSPS) is 9.87. The molecule has 1 aromatic carbocycles. The summed E-state index contributed by atoms with van der Waals surface area (Å²) in [5.41, 5.74) is 5.99. The Morgan fingerprint density at radius 3 is 2.73 bits per heavy atom. The molecule has 0 saturated carbocycles. The van der Waals surface area contributed by atoms with Crippen molar-refractivity contribution in [2.24, 2.45) is 11.6 Å². The molecule has 0 bridgehead atoms. The zero-order valence-electron chi connectivity index (χ0n) is 8.33. The van der Waals surface area contributed by atoms with Gasteiger partial charge >= 0.3 is 0 Å². The lowest BCUT2D eigenvalue weighted by Crippen LogP contribution is -2.30. The van der Waals surface area contributed by atoms with E-state index >= 15 is 0 Å². The van der Waals surface area contributed by atoms with Gasteiger partial charge in [0, 0.05) is 12.1 Å². The van der Waals surface area contributed by atoms with Crippen LogP contribution in [0.2, 0.25) is 0 Å². The molecule has 5 nitrogen and oxygen atoms in total. The number of ether oxygens (including phenoxy) is 1. The fourth-order valence-corrected chi connectivity index (χ4v) is 1.25. The van der Waals surface area contributed by atoms with Gasteiger partial charge in [0.2, 0.25) is 0 Å². The van der Waals surface area contributed by atoms with Crippen molar-refractivity contribution >= 4 is 12.0 Å².